The highest BCUT2D eigenvalue weighted by Crippen LogP contribution is 2.64. The molecule has 0 aromatic heterocycles. The van der Waals surface area contributed by atoms with Crippen LogP contribution in [0.15, 0.2) is 0 Å². The maximum Gasteiger partial charge on any atom is 0.299 e. The number of alkyl halides is 1. The lowest BCUT2D eigenvalue weighted by Gasteiger charge is -2.38. The molecule has 0 aromatic carbocycles. The molecule has 18 heavy (non-hydrogen) atoms. The molecular weight excluding hydrogens is 259 g/mol. The first kappa shape index (κ1) is 12.8. The first-order valence-electron chi connectivity index (χ1n) is 6.56. The Morgan fingerprint density at radius 1 is 1.28 bits per heavy atom. The lowest BCUT2D eigenvalue weighted by Crippen LogP contribution is -2.33. The Morgan fingerprint density at radius 2 is 1.89 bits per heavy atom. The lowest BCUT2D eigenvalue weighted by molar-refractivity contribution is -0.00127. The predicted molar refractivity (Wildman–Crippen MR) is 63.3 cm³/mol. The number of rotatable bonds is 5. The molecule has 1 N–H and O–H groups in total. The first-order chi connectivity index (χ1) is 8.38. The number of hydrogen-bond donors (Lipinski definition) is 1. The standard InChI is InChI=1S/C12H19FO4S/c13-11(18(14,15)16)6-17-7-12-3-8-1-9(4-12)10(2-8)5-12/h8-11H,1-7H2,(H,14,15,16). The SMILES string of the molecule is O=S(=O)(O)C(F)COCC12CC3CC(C1)C(C3)C2. The van der Waals surface area contributed by atoms with Crippen LogP contribution in [0.3, 0.4) is 0 Å². The lowest BCUT2D eigenvalue weighted by atomic mass is 9.70. The second-order valence-corrected chi connectivity index (χ2v) is 7.95. The summed E-state index contributed by atoms with van der Waals surface area (Å²) in [6, 6.07) is 0. The zero-order chi connectivity index (χ0) is 13.0. The highest BCUT2D eigenvalue weighted by molar-refractivity contribution is 7.86. The summed E-state index contributed by atoms with van der Waals surface area (Å²) in [5, 5.41) is 0. The third-order valence-electron chi connectivity index (χ3n) is 5.03. The Morgan fingerprint density at radius 3 is 2.39 bits per heavy atom. The van der Waals surface area contributed by atoms with Crippen molar-refractivity contribution in [1.29, 1.82) is 0 Å². The maximum absolute atomic E-state index is 13.0. The summed E-state index contributed by atoms with van der Waals surface area (Å²) in [5.74, 6) is 2.43. The fourth-order valence-corrected chi connectivity index (χ4v) is 4.88. The van der Waals surface area contributed by atoms with Gasteiger partial charge in [-0.05, 0) is 55.3 Å². The zero-order valence-corrected chi connectivity index (χ0v) is 11.0. The van der Waals surface area contributed by atoms with Gasteiger partial charge in [-0.15, -0.1) is 0 Å². The van der Waals surface area contributed by atoms with Crippen molar-refractivity contribution in [2.75, 3.05) is 13.2 Å². The Hall–Kier alpha value is -0.200. The van der Waals surface area contributed by atoms with Gasteiger partial charge in [-0.3, -0.25) is 4.55 Å². The van der Waals surface area contributed by atoms with Crippen LogP contribution in [0.4, 0.5) is 4.39 Å². The highest BCUT2D eigenvalue weighted by atomic mass is 32.2. The molecule has 0 heterocycles. The second kappa shape index (κ2) is 4.15. The highest BCUT2D eigenvalue weighted by Gasteiger charge is 2.55. The van der Waals surface area contributed by atoms with E-state index in [4.69, 9.17) is 9.29 Å². The van der Waals surface area contributed by atoms with E-state index < -0.39 is 22.2 Å². The van der Waals surface area contributed by atoms with Gasteiger partial charge in [-0.25, -0.2) is 4.39 Å². The first-order valence-corrected chi connectivity index (χ1v) is 8.06. The second-order valence-electron chi connectivity index (χ2n) is 6.41. The summed E-state index contributed by atoms with van der Waals surface area (Å²) in [6.45, 7) is -0.118. The molecule has 4 bridgehead atoms. The summed E-state index contributed by atoms with van der Waals surface area (Å²) >= 11 is 0. The largest absolute Gasteiger partial charge is 0.377 e. The summed E-state index contributed by atoms with van der Waals surface area (Å²) in [4.78, 5) is 0. The van der Waals surface area contributed by atoms with Crippen molar-refractivity contribution in [2.45, 2.75) is 37.6 Å². The molecule has 4 rings (SSSR count). The molecule has 0 spiro atoms. The van der Waals surface area contributed by atoms with Gasteiger partial charge in [0.15, 0.2) is 0 Å². The van der Waals surface area contributed by atoms with Crippen molar-refractivity contribution < 1.29 is 22.1 Å². The van der Waals surface area contributed by atoms with Gasteiger partial charge in [0.25, 0.3) is 10.1 Å². The van der Waals surface area contributed by atoms with Gasteiger partial charge in [-0.2, -0.15) is 8.42 Å². The molecule has 0 aromatic rings. The molecule has 0 radical (unpaired) electrons. The van der Waals surface area contributed by atoms with Crippen molar-refractivity contribution in [3.8, 4) is 0 Å². The Kier molecular flexibility index (Phi) is 2.95. The molecule has 0 aliphatic heterocycles. The van der Waals surface area contributed by atoms with E-state index in [0.717, 1.165) is 37.0 Å². The quantitative estimate of drug-likeness (QED) is 0.781. The summed E-state index contributed by atoms with van der Waals surface area (Å²) in [7, 11) is -4.62. The van der Waals surface area contributed by atoms with E-state index in [2.05, 4.69) is 0 Å². The van der Waals surface area contributed by atoms with Crippen LogP contribution in [0, 0.1) is 23.2 Å². The summed E-state index contributed by atoms with van der Waals surface area (Å²) < 4.78 is 47.8. The summed E-state index contributed by atoms with van der Waals surface area (Å²) in [6.07, 6.45) is 6.11. The van der Waals surface area contributed by atoms with Crippen LogP contribution in [0.2, 0.25) is 0 Å². The van der Waals surface area contributed by atoms with Crippen LogP contribution in [0.5, 0.6) is 0 Å². The summed E-state index contributed by atoms with van der Waals surface area (Å²) in [5.41, 5.74) is -2.15. The van der Waals surface area contributed by atoms with Crippen LogP contribution in [-0.4, -0.2) is 31.7 Å². The van der Waals surface area contributed by atoms with Crippen molar-refractivity contribution in [3.05, 3.63) is 0 Å². The average molecular weight is 278 g/mol. The number of ether oxygens (including phenoxy) is 1. The van der Waals surface area contributed by atoms with Gasteiger partial charge in [0.05, 0.1) is 13.2 Å². The van der Waals surface area contributed by atoms with Gasteiger partial charge in [0, 0.05) is 0 Å². The van der Waals surface area contributed by atoms with Gasteiger partial charge >= 0.3 is 0 Å². The Balaban J connectivity index is 1.53. The predicted octanol–water partition coefficient (Wildman–Crippen LogP) is 2.01. The molecule has 4 aliphatic carbocycles. The van der Waals surface area contributed by atoms with Crippen LogP contribution in [-0.2, 0) is 14.9 Å². The average Bonchev–Trinajstić information content (AvgIpc) is 2.64. The van der Waals surface area contributed by atoms with E-state index in [-0.39, 0.29) is 5.41 Å². The molecule has 4 nitrogen and oxygen atoms in total. The Labute approximate surface area is 107 Å². The van der Waals surface area contributed by atoms with Crippen LogP contribution < -0.4 is 0 Å². The molecule has 104 valence electrons. The molecular formula is C12H19FO4S. The number of halogens is 1. The van der Waals surface area contributed by atoms with Crippen molar-refractivity contribution >= 4 is 10.1 Å². The Bertz CT molecular complexity index is 416. The van der Waals surface area contributed by atoms with Crippen LogP contribution >= 0.6 is 0 Å². The van der Waals surface area contributed by atoms with E-state index >= 15 is 0 Å². The van der Waals surface area contributed by atoms with Gasteiger partial charge < -0.3 is 4.74 Å². The minimum atomic E-state index is -4.62. The van der Waals surface area contributed by atoms with E-state index in [0.29, 0.717) is 6.61 Å². The van der Waals surface area contributed by atoms with Crippen molar-refractivity contribution in [2.24, 2.45) is 23.2 Å². The molecule has 4 saturated carbocycles. The third-order valence-corrected chi connectivity index (χ3v) is 5.81. The smallest absolute Gasteiger partial charge is 0.299 e. The van der Waals surface area contributed by atoms with Gasteiger partial charge in [0.2, 0.25) is 5.50 Å². The van der Waals surface area contributed by atoms with Crippen LogP contribution in [0.1, 0.15) is 32.1 Å². The maximum atomic E-state index is 13.0. The third kappa shape index (κ3) is 2.18. The normalized spacial score (nSPS) is 43.6. The van der Waals surface area contributed by atoms with Crippen molar-refractivity contribution in [3.63, 3.8) is 0 Å². The minimum Gasteiger partial charge on any atom is -0.377 e. The molecule has 0 saturated heterocycles. The number of hydrogen-bond acceptors (Lipinski definition) is 3. The van der Waals surface area contributed by atoms with Gasteiger partial charge in [0.1, 0.15) is 0 Å². The van der Waals surface area contributed by atoms with Crippen LogP contribution in [0.25, 0.3) is 0 Å². The van der Waals surface area contributed by atoms with E-state index in [1.165, 1.54) is 12.8 Å². The molecule has 0 amide bonds. The zero-order valence-electron chi connectivity index (χ0n) is 10.2. The topological polar surface area (TPSA) is 63.6 Å². The molecule has 3 atom stereocenters. The van der Waals surface area contributed by atoms with E-state index in [9.17, 15) is 12.8 Å². The van der Waals surface area contributed by atoms with E-state index in [1.807, 2.05) is 0 Å². The minimum absolute atomic E-state index is 0.162. The fourth-order valence-electron chi connectivity index (χ4n) is 4.61. The fraction of sp³-hybridized carbons (Fsp3) is 1.00. The monoisotopic (exact) mass is 278 g/mol. The molecule has 6 heteroatoms. The van der Waals surface area contributed by atoms with Gasteiger partial charge in [-0.1, -0.05) is 0 Å². The molecule has 3 unspecified atom stereocenters. The molecule has 4 fully saturated rings. The molecule has 4 aliphatic rings. The van der Waals surface area contributed by atoms with Crippen molar-refractivity contribution in [1.82, 2.24) is 0 Å². The van der Waals surface area contributed by atoms with E-state index in [1.54, 1.807) is 0 Å².